The normalized spacial score (nSPS) is 17.6. The van der Waals surface area contributed by atoms with E-state index in [1.165, 1.54) is 0 Å². The van der Waals surface area contributed by atoms with Crippen LogP contribution < -0.4 is 5.11 Å². The molecule has 20 heavy (non-hydrogen) atoms. The van der Waals surface area contributed by atoms with E-state index in [1.54, 1.807) is 0 Å². The van der Waals surface area contributed by atoms with Gasteiger partial charge in [-0.3, -0.25) is 9.69 Å². The molecule has 4 nitrogen and oxygen atoms in total. The van der Waals surface area contributed by atoms with Crippen LogP contribution >= 0.6 is 39.9 Å². The Bertz CT molecular complexity index is 642. The van der Waals surface area contributed by atoms with Gasteiger partial charge >= 0.3 is 0 Å². The van der Waals surface area contributed by atoms with Crippen molar-refractivity contribution in [2.45, 2.75) is 6.92 Å². The first-order chi connectivity index (χ1) is 9.40. The van der Waals surface area contributed by atoms with Crippen LogP contribution in [0.1, 0.15) is 12.5 Å². The number of hydrogen-bond donors (Lipinski definition) is 0. The van der Waals surface area contributed by atoms with Crippen LogP contribution in [0.15, 0.2) is 33.6 Å². The van der Waals surface area contributed by atoms with Gasteiger partial charge in [0.2, 0.25) is 0 Å². The lowest BCUT2D eigenvalue weighted by Crippen LogP contribution is -2.40. The van der Waals surface area contributed by atoms with Crippen LogP contribution in [0.25, 0.3) is 5.57 Å². The lowest BCUT2D eigenvalue weighted by molar-refractivity contribution is -0.305. The summed E-state index contributed by atoms with van der Waals surface area (Å²) in [5.41, 5.74) is 1.65. The molecular formula is C13H9BrNO3S2-. The molecule has 104 valence electrons. The Hall–Kier alpha value is -1.18. The maximum absolute atomic E-state index is 12.2. The maximum atomic E-state index is 12.2. The van der Waals surface area contributed by atoms with Crippen molar-refractivity contribution in [3.8, 4) is 0 Å². The number of thioether (sulfide) groups is 1. The van der Waals surface area contributed by atoms with Gasteiger partial charge in [0, 0.05) is 4.47 Å². The molecule has 1 heterocycles. The third-order valence-electron chi connectivity index (χ3n) is 2.73. The van der Waals surface area contributed by atoms with Crippen LogP contribution in [0.3, 0.4) is 0 Å². The van der Waals surface area contributed by atoms with E-state index in [2.05, 4.69) is 15.9 Å². The Labute approximate surface area is 134 Å². The average molecular weight is 371 g/mol. The molecule has 1 aromatic rings. The van der Waals surface area contributed by atoms with Crippen LogP contribution in [0.4, 0.5) is 0 Å². The summed E-state index contributed by atoms with van der Waals surface area (Å²) in [7, 11) is 0. The highest BCUT2D eigenvalue weighted by Gasteiger charge is 2.33. The average Bonchev–Trinajstić information content (AvgIpc) is 2.65. The molecule has 0 spiro atoms. The summed E-state index contributed by atoms with van der Waals surface area (Å²) in [4.78, 5) is 24.4. The third kappa shape index (κ3) is 3.11. The van der Waals surface area contributed by atoms with Gasteiger partial charge in [-0.05, 0) is 30.2 Å². The molecule has 1 amide bonds. The number of hydrogen-bond acceptors (Lipinski definition) is 5. The van der Waals surface area contributed by atoms with E-state index < -0.39 is 12.5 Å². The van der Waals surface area contributed by atoms with E-state index in [0.29, 0.717) is 4.91 Å². The zero-order valence-electron chi connectivity index (χ0n) is 10.4. The first kappa shape index (κ1) is 15.2. The number of carbonyl (C=O) groups excluding carboxylic acids is 2. The van der Waals surface area contributed by atoms with E-state index in [1.807, 2.05) is 31.2 Å². The highest BCUT2D eigenvalue weighted by molar-refractivity contribution is 9.10. The zero-order valence-corrected chi connectivity index (χ0v) is 13.6. The predicted molar refractivity (Wildman–Crippen MR) is 83.6 cm³/mol. The van der Waals surface area contributed by atoms with Gasteiger partial charge in [-0.15, -0.1) is 0 Å². The molecule has 0 unspecified atom stereocenters. The second-order valence-electron chi connectivity index (χ2n) is 4.10. The van der Waals surface area contributed by atoms with Gasteiger partial charge in [0.15, 0.2) is 0 Å². The molecule has 0 aromatic heterocycles. The van der Waals surface area contributed by atoms with Gasteiger partial charge in [-0.2, -0.15) is 0 Å². The third-order valence-corrected chi connectivity index (χ3v) is 4.78. The van der Waals surface area contributed by atoms with Crippen LogP contribution in [-0.4, -0.2) is 27.6 Å². The van der Waals surface area contributed by atoms with Gasteiger partial charge in [0.05, 0.1) is 17.4 Å². The lowest BCUT2D eigenvalue weighted by atomic mass is 10.1. The monoisotopic (exact) mass is 370 g/mol. The number of carboxylic acids is 1. The van der Waals surface area contributed by atoms with Crippen molar-refractivity contribution in [2.24, 2.45) is 0 Å². The van der Waals surface area contributed by atoms with Crippen molar-refractivity contribution >= 4 is 61.7 Å². The summed E-state index contributed by atoms with van der Waals surface area (Å²) < 4.78 is 1.14. The highest BCUT2D eigenvalue weighted by Crippen LogP contribution is 2.36. The molecule has 7 heteroatoms. The largest absolute Gasteiger partial charge is 0.548 e. The highest BCUT2D eigenvalue weighted by atomic mass is 79.9. The summed E-state index contributed by atoms with van der Waals surface area (Å²) in [6.45, 7) is 1.30. The second-order valence-corrected chi connectivity index (χ2v) is 6.66. The number of carbonyl (C=O) groups is 2. The number of nitrogens with zero attached hydrogens (tertiary/aromatic N) is 1. The van der Waals surface area contributed by atoms with Crippen LogP contribution in [0.5, 0.6) is 0 Å². The quantitative estimate of drug-likeness (QED) is 0.599. The maximum Gasteiger partial charge on any atom is 0.266 e. The Morgan fingerprint density at radius 1 is 1.50 bits per heavy atom. The van der Waals surface area contributed by atoms with Crippen molar-refractivity contribution in [2.75, 3.05) is 6.54 Å². The molecule has 0 N–H and O–H groups in total. The molecule has 0 saturated carbocycles. The fourth-order valence-corrected chi connectivity index (χ4v) is 3.44. The Balaban J connectivity index is 2.38. The van der Waals surface area contributed by atoms with Crippen LogP contribution in [0.2, 0.25) is 0 Å². The van der Waals surface area contributed by atoms with Gasteiger partial charge in [0.1, 0.15) is 4.32 Å². The fraction of sp³-hybridized carbons (Fsp3) is 0.154. The lowest BCUT2D eigenvalue weighted by Gasteiger charge is -2.14. The zero-order chi connectivity index (χ0) is 14.9. The minimum Gasteiger partial charge on any atom is -0.548 e. The summed E-state index contributed by atoms with van der Waals surface area (Å²) in [5.74, 6) is -1.72. The first-order valence-corrected chi connectivity index (χ1v) is 7.62. The van der Waals surface area contributed by atoms with Crippen molar-refractivity contribution in [3.05, 3.63) is 39.2 Å². The number of amides is 1. The van der Waals surface area contributed by atoms with Crippen molar-refractivity contribution in [3.63, 3.8) is 0 Å². The number of aliphatic carboxylic acids is 1. The van der Waals surface area contributed by atoms with E-state index in [4.69, 9.17) is 12.2 Å². The minimum absolute atomic E-state index is 0.239. The molecule has 1 aliphatic rings. The van der Waals surface area contributed by atoms with Gasteiger partial charge in [-0.1, -0.05) is 52.0 Å². The van der Waals surface area contributed by atoms with E-state index in [-0.39, 0.29) is 10.2 Å². The number of thiocarbonyl (C=S) groups is 1. The van der Waals surface area contributed by atoms with Crippen LogP contribution in [0, 0.1) is 0 Å². The summed E-state index contributed by atoms with van der Waals surface area (Å²) in [6, 6.07) is 7.52. The number of allylic oxidation sites excluding steroid dienone is 1. The SMILES string of the molecule is C/C(=C1/SC(=S)N(CC(=O)[O-])C1=O)c1cccc(Br)c1. The van der Waals surface area contributed by atoms with Crippen molar-refractivity contribution < 1.29 is 14.7 Å². The molecule has 1 aliphatic heterocycles. The minimum atomic E-state index is -1.33. The summed E-state index contributed by atoms with van der Waals surface area (Å²) >= 11 is 9.53. The Morgan fingerprint density at radius 3 is 2.80 bits per heavy atom. The predicted octanol–water partition coefficient (Wildman–Crippen LogP) is 1.79. The Morgan fingerprint density at radius 2 is 2.20 bits per heavy atom. The summed E-state index contributed by atoms with van der Waals surface area (Å²) in [5, 5.41) is 10.6. The van der Waals surface area contributed by atoms with E-state index >= 15 is 0 Å². The smallest absolute Gasteiger partial charge is 0.266 e. The molecule has 0 radical (unpaired) electrons. The Kier molecular flexibility index (Phi) is 4.62. The number of benzene rings is 1. The van der Waals surface area contributed by atoms with E-state index in [0.717, 1.165) is 32.3 Å². The molecule has 0 aliphatic carbocycles. The molecule has 1 fully saturated rings. The standard InChI is InChI=1S/C13H10BrNO3S2/c1-7(8-3-2-4-9(14)5-8)11-12(18)15(6-10(16)17)13(19)20-11/h2-5H,6H2,1H3,(H,16,17)/p-1/b11-7-. The fourth-order valence-electron chi connectivity index (χ4n) is 1.75. The first-order valence-electron chi connectivity index (χ1n) is 5.60. The molecule has 0 bridgehead atoms. The molecule has 2 rings (SSSR count). The number of carboxylic acid groups (broad SMARTS) is 1. The second kappa shape index (κ2) is 6.07. The van der Waals surface area contributed by atoms with E-state index in [9.17, 15) is 14.7 Å². The molecule has 1 aromatic carbocycles. The number of halogens is 1. The summed E-state index contributed by atoms with van der Waals surface area (Å²) in [6.07, 6.45) is 0. The molecule has 1 saturated heterocycles. The molecule has 0 atom stereocenters. The van der Waals surface area contributed by atoms with Crippen LogP contribution in [-0.2, 0) is 9.59 Å². The van der Waals surface area contributed by atoms with Crippen molar-refractivity contribution in [1.82, 2.24) is 4.90 Å². The van der Waals surface area contributed by atoms with Crippen molar-refractivity contribution in [1.29, 1.82) is 0 Å². The molecular weight excluding hydrogens is 362 g/mol. The van der Waals surface area contributed by atoms with Gasteiger partial charge in [0.25, 0.3) is 5.91 Å². The van der Waals surface area contributed by atoms with Gasteiger partial charge < -0.3 is 9.90 Å². The topological polar surface area (TPSA) is 60.4 Å². The van der Waals surface area contributed by atoms with Gasteiger partial charge in [-0.25, -0.2) is 0 Å². The number of rotatable bonds is 3.